The van der Waals surface area contributed by atoms with Gasteiger partial charge >= 0.3 is 18.1 Å². The molecule has 36 heavy (non-hydrogen) atoms. The van der Waals surface area contributed by atoms with Crippen LogP contribution in [0.3, 0.4) is 0 Å². The van der Waals surface area contributed by atoms with Crippen LogP contribution >= 0.6 is 11.3 Å². The van der Waals surface area contributed by atoms with Gasteiger partial charge in [0.1, 0.15) is 5.82 Å². The van der Waals surface area contributed by atoms with E-state index in [1.54, 1.807) is 6.20 Å². The van der Waals surface area contributed by atoms with E-state index in [1.165, 1.54) is 43.4 Å². The zero-order valence-electron chi connectivity index (χ0n) is 19.9. The van der Waals surface area contributed by atoms with Gasteiger partial charge in [0.2, 0.25) is 5.95 Å². The summed E-state index contributed by atoms with van der Waals surface area (Å²) in [5, 5.41) is 22.5. The number of rotatable bonds is 6. The molecule has 2 fully saturated rings. The first kappa shape index (κ1) is 27.6. The molecular weight excluding hydrogens is 499 g/mol. The molecule has 4 rings (SSSR count). The highest BCUT2D eigenvalue weighted by Crippen LogP contribution is 2.38. The highest BCUT2D eigenvalue weighted by molar-refractivity contribution is 7.13. The van der Waals surface area contributed by atoms with Crippen LogP contribution in [0.15, 0.2) is 17.6 Å². The second-order valence-electron chi connectivity index (χ2n) is 9.22. The minimum absolute atomic E-state index is 0.146. The average molecular weight is 530 g/mol. The number of aromatic nitrogens is 3. The Morgan fingerprint density at radius 1 is 1.14 bits per heavy atom. The molecule has 0 aromatic carbocycles. The number of carbonyl (C=O) groups is 2. The van der Waals surface area contributed by atoms with Crippen molar-refractivity contribution in [1.29, 1.82) is 0 Å². The molecule has 198 valence electrons. The lowest BCUT2D eigenvalue weighted by atomic mass is 9.73. The highest BCUT2D eigenvalue weighted by Gasteiger charge is 2.38. The summed E-state index contributed by atoms with van der Waals surface area (Å²) in [5.74, 6) is -0.680. The smallest absolute Gasteiger partial charge is 0.481 e. The number of aryl methyl sites for hydroxylation is 1. The van der Waals surface area contributed by atoms with Gasteiger partial charge in [0.25, 0.3) is 0 Å². The van der Waals surface area contributed by atoms with Gasteiger partial charge in [-0.1, -0.05) is 32.1 Å². The summed E-state index contributed by atoms with van der Waals surface area (Å²) in [6, 6.07) is 1.92. The molecule has 1 aliphatic carbocycles. The standard InChI is InChI=1S/C21H29N5O2S.C2HF3O2/c1-14-9-18(25-21-22-7-8-29-21)24-20(23-14)26-12-15(11-19(27)28)10-17(13-26)16-5-3-2-4-6-16;3-2(4,5)1(6)7/h7-9,15-17H,2-6,10-13H2,1H3,(H,27,28)(H,22,23,24,25);(H,6,7)/t15-,17?;/m0./s1. The number of nitrogens with one attached hydrogen (secondary N) is 1. The van der Waals surface area contributed by atoms with E-state index in [-0.39, 0.29) is 12.3 Å². The molecule has 0 radical (unpaired) electrons. The molecule has 0 spiro atoms. The maximum atomic E-state index is 11.4. The molecule has 3 N–H and O–H groups in total. The SMILES string of the molecule is Cc1cc(Nc2nccs2)nc(N2CC(C3CCCCC3)C[C@@H](CC(=O)O)C2)n1.O=C(O)C(F)(F)F. The van der Waals surface area contributed by atoms with Crippen molar-refractivity contribution in [2.75, 3.05) is 23.3 Å². The minimum Gasteiger partial charge on any atom is -0.481 e. The Kier molecular flexibility index (Phi) is 9.46. The van der Waals surface area contributed by atoms with Crippen molar-refractivity contribution in [3.05, 3.63) is 23.3 Å². The van der Waals surface area contributed by atoms with Crippen LogP contribution in [-0.2, 0) is 9.59 Å². The Hall–Kier alpha value is -2.96. The first-order chi connectivity index (χ1) is 17.0. The van der Waals surface area contributed by atoms with Gasteiger partial charge in [-0.2, -0.15) is 18.2 Å². The number of carboxylic acid groups (broad SMARTS) is 2. The first-order valence-electron chi connectivity index (χ1n) is 11.8. The molecular formula is C23H30F3N5O4S. The monoisotopic (exact) mass is 529 g/mol. The summed E-state index contributed by atoms with van der Waals surface area (Å²) in [4.78, 5) is 36.2. The maximum Gasteiger partial charge on any atom is 0.490 e. The third-order valence-electron chi connectivity index (χ3n) is 6.38. The normalized spacial score (nSPS) is 20.8. The van der Waals surface area contributed by atoms with E-state index in [0.29, 0.717) is 24.3 Å². The second kappa shape index (κ2) is 12.3. The summed E-state index contributed by atoms with van der Waals surface area (Å²) in [6.45, 7) is 3.59. The van der Waals surface area contributed by atoms with Crippen LogP contribution in [0.4, 0.5) is 30.1 Å². The zero-order chi connectivity index (χ0) is 26.3. The van der Waals surface area contributed by atoms with Crippen molar-refractivity contribution in [3.8, 4) is 0 Å². The number of halogens is 3. The van der Waals surface area contributed by atoms with Crippen molar-refractivity contribution in [1.82, 2.24) is 15.0 Å². The number of carboxylic acids is 2. The van der Waals surface area contributed by atoms with Gasteiger partial charge in [0.05, 0.1) is 0 Å². The third kappa shape index (κ3) is 8.32. The summed E-state index contributed by atoms with van der Waals surface area (Å²) in [6.07, 6.45) is 4.37. The zero-order valence-corrected chi connectivity index (χ0v) is 20.7. The van der Waals surface area contributed by atoms with Crippen molar-refractivity contribution in [2.45, 2.75) is 58.0 Å². The second-order valence-corrected chi connectivity index (χ2v) is 10.1. The summed E-state index contributed by atoms with van der Waals surface area (Å²) in [7, 11) is 0. The van der Waals surface area contributed by atoms with E-state index < -0.39 is 18.1 Å². The largest absolute Gasteiger partial charge is 0.490 e. The number of anilines is 3. The lowest BCUT2D eigenvalue weighted by molar-refractivity contribution is -0.192. The van der Waals surface area contributed by atoms with Gasteiger partial charge in [-0.25, -0.2) is 14.8 Å². The summed E-state index contributed by atoms with van der Waals surface area (Å²) in [5.41, 5.74) is 0.892. The molecule has 1 saturated carbocycles. The van der Waals surface area contributed by atoms with E-state index in [0.717, 1.165) is 29.6 Å². The molecule has 0 bridgehead atoms. The number of aliphatic carboxylic acids is 2. The molecule has 1 unspecified atom stereocenters. The summed E-state index contributed by atoms with van der Waals surface area (Å²) < 4.78 is 31.7. The van der Waals surface area contributed by atoms with Crippen molar-refractivity contribution in [2.24, 2.45) is 17.8 Å². The molecule has 3 heterocycles. The van der Waals surface area contributed by atoms with Crippen LogP contribution in [0.1, 0.15) is 50.6 Å². The highest BCUT2D eigenvalue weighted by atomic mass is 32.1. The molecule has 2 atom stereocenters. The number of hydrogen-bond donors (Lipinski definition) is 3. The van der Waals surface area contributed by atoms with Crippen LogP contribution in [0, 0.1) is 24.7 Å². The Bertz CT molecular complexity index is 1020. The Morgan fingerprint density at radius 2 is 1.83 bits per heavy atom. The fraction of sp³-hybridized carbons (Fsp3) is 0.609. The van der Waals surface area contributed by atoms with Gasteiger partial charge in [-0.05, 0) is 31.1 Å². The molecule has 9 nitrogen and oxygen atoms in total. The van der Waals surface area contributed by atoms with Gasteiger partial charge in [-0.15, -0.1) is 11.3 Å². The van der Waals surface area contributed by atoms with Crippen LogP contribution in [0.5, 0.6) is 0 Å². The van der Waals surface area contributed by atoms with Gasteiger partial charge in [-0.3, -0.25) is 4.79 Å². The molecule has 1 aliphatic heterocycles. The van der Waals surface area contributed by atoms with Gasteiger partial charge in [0.15, 0.2) is 5.13 Å². The van der Waals surface area contributed by atoms with Crippen LogP contribution < -0.4 is 10.2 Å². The van der Waals surface area contributed by atoms with E-state index in [2.05, 4.69) is 15.2 Å². The number of piperidine rings is 1. The van der Waals surface area contributed by atoms with Crippen molar-refractivity contribution < 1.29 is 33.0 Å². The molecule has 2 aromatic rings. The third-order valence-corrected chi connectivity index (χ3v) is 7.07. The minimum atomic E-state index is -5.08. The van der Waals surface area contributed by atoms with Gasteiger partial charge in [0, 0.05) is 42.8 Å². The van der Waals surface area contributed by atoms with E-state index in [9.17, 15) is 23.1 Å². The quantitative estimate of drug-likeness (QED) is 0.467. The van der Waals surface area contributed by atoms with Crippen LogP contribution in [0.25, 0.3) is 0 Å². The van der Waals surface area contributed by atoms with Gasteiger partial charge < -0.3 is 20.4 Å². The fourth-order valence-corrected chi connectivity index (χ4v) is 5.44. The van der Waals surface area contributed by atoms with Crippen molar-refractivity contribution >= 4 is 40.2 Å². The first-order valence-corrected chi connectivity index (χ1v) is 12.7. The average Bonchev–Trinajstić information content (AvgIpc) is 3.31. The molecule has 1 saturated heterocycles. The van der Waals surface area contributed by atoms with E-state index in [1.807, 2.05) is 18.4 Å². The Balaban J connectivity index is 0.000000454. The maximum absolute atomic E-state index is 11.4. The lowest BCUT2D eigenvalue weighted by Gasteiger charge is -2.42. The predicted molar refractivity (Wildman–Crippen MR) is 128 cm³/mol. The predicted octanol–water partition coefficient (Wildman–Crippen LogP) is 5.12. The molecule has 13 heteroatoms. The number of hydrogen-bond acceptors (Lipinski definition) is 8. The summed E-state index contributed by atoms with van der Waals surface area (Å²) >= 11 is 1.53. The molecule has 2 aromatic heterocycles. The fourth-order valence-electron chi connectivity index (χ4n) is 4.90. The molecule has 0 amide bonds. The van der Waals surface area contributed by atoms with Crippen LogP contribution in [-0.4, -0.2) is 56.4 Å². The molecule has 2 aliphatic rings. The van der Waals surface area contributed by atoms with E-state index in [4.69, 9.17) is 19.9 Å². The number of thiazole rings is 1. The Morgan fingerprint density at radius 3 is 2.42 bits per heavy atom. The van der Waals surface area contributed by atoms with Crippen LogP contribution in [0.2, 0.25) is 0 Å². The number of nitrogens with zero attached hydrogens (tertiary/aromatic N) is 4. The topological polar surface area (TPSA) is 129 Å². The number of alkyl halides is 3. The van der Waals surface area contributed by atoms with Crippen molar-refractivity contribution in [3.63, 3.8) is 0 Å². The lowest BCUT2D eigenvalue weighted by Crippen LogP contribution is -2.44. The Labute approximate surface area is 210 Å². The van der Waals surface area contributed by atoms with E-state index >= 15 is 0 Å².